The minimum atomic E-state index is -0.240. The molecule has 1 aliphatic heterocycles. The van der Waals surface area contributed by atoms with E-state index in [4.69, 9.17) is 4.74 Å². The van der Waals surface area contributed by atoms with Gasteiger partial charge in [-0.15, -0.1) is 11.3 Å². The van der Waals surface area contributed by atoms with Crippen molar-refractivity contribution in [1.29, 1.82) is 0 Å². The Morgan fingerprint density at radius 3 is 2.86 bits per heavy atom. The van der Waals surface area contributed by atoms with E-state index in [9.17, 15) is 9.59 Å². The Morgan fingerprint density at radius 1 is 1.32 bits per heavy atom. The van der Waals surface area contributed by atoms with Gasteiger partial charge in [0.1, 0.15) is 5.69 Å². The maximum Gasteiger partial charge on any atom is 0.273 e. The summed E-state index contributed by atoms with van der Waals surface area (Å²) in [6.45, 7) is 1.36. The molecule has 2 heterocycles. The lowest BCUT2D eigenvalue weighted by molar-refractivity contribution is -0.00306. The lowest BCUT2D eigenvalue weighted by atomic mass is 10.0. The Kier molecular flexibility index (Phi) is 4.60. The minimum Gasteiger partial charge on any atom is -0.377 e. The monoisotopic (exact) mass is 316 g/mol. The van der Waals surface area contributed by atoms with E-state index in [1.165, 1.54) is 11.3 Å². The van der Waals surface area contributed by atoms with Gasteiger partial charge in [0.25, 0.3) is 5.91 Å². The van der Waals surface area contributed by atoms with Gasteiger partial charge in [0, 0.05) is 23.9 Å². The second-order valence-electron chi connectivity index (χ2n) is 5.09. The van der Waals surface area contributed by atoms with Crippen molar-refractivity contribution >= 4 is 23.0 Å². The molecule has 114 valence electrons. The fourth-order valence-electron chi connectivity index (χ4n) is 2.51. The minimum absolute atomic E-state index is 0.0205. The number of thiazole rings is 1. The summed E-state index contributed by atoms with van der Waals surface area (Å²) >= 11 is 1.39. The summed E-state index contributed by atoms with van der Waals surface area (Å²) < 4.78 is 5.45. The maximum absolute atomic E-state index is 12.5. The van der Waals surface area contributed by atoms with Crippen LogP contribution in [-0.4, -0.2) is 47.4 Å². The fraction of sp³-hybridized carbons (Fsp3) is 0.312. The van der Waals surface area contributed by atoms with Gasteiger partial charge >= 0.3 is 0 Å². The van der Waals surface area contributed by atoms with Crippen molar-refractivity contribution in [2.75, 3.05) is 19.8 Å². The zero-order chi connectivity index (χ0) is 15.4. The van der Waals surface area contributed by atoms with Gasteiger partial charge in [0.15, 0.2) is 5.78 Å². The number of ketones is 1. The molecule has 0 spiro atoms. The van der Waals surface area contributed by atoms with Crippen LogP contribution in [0.1, 0.15) is 27.3 Å². The average molecular weight is 316 g/mol. The van der Waals surface area contributed by atoms with E-state index in [2.05, 4.69) is 4.98 Å². The Labute approximate surface area is 132 Å². The lowest BCUT2D eigenvalue weighted by Gasteiger charge is -2.34. The first-order chi connectivity index (χ1) is 10.8. The number of aromatic nitrogens is 1. The van der Waals surface area contributed by atoms with Crippen molar-refractivity contribution in [2.45, 2.75) is 12.5 Å². The summed E-state index contributed by atoms with van der Waals surface area (Å²) in [5.74, 6) is -0.109. The van der Waals surface area contributed by atoms with Gasteiger partial charge in [-0.2, -0.15) is 0 Å². The number of carbonyl (C=O) groups excluding carboxylic acids is 2. The van der Waals surface area contributed by atoms with E-state index in [1.54, 1.807) is 27.9 Å². The van der Waals surface area contributed by atoms with E-state index in [1.807, 2.05) is 18.2 Å². The number of Topliss-reactive ketones (excluding diaryl/α,β-unsaturated/α-hetero) is 1. The van der Waals surface area contributed by atoms with Gasteiger partial charge in [-0.3, -0.25) is 9.59 Å². The Hall–Kier alpha value is -2.05. The molecule has 3 rings (SSSR count). The molecule has 1 fully saturated rings. The van der Waals surface area contributed by atoms with Gasteiger partial charge in [-0.05, 0) is 0 Å². The molecule has 1 aromatic carbocycles. The van der Waals surface area contributed by atoms with E-state index in [-0.39, 0.29) is 24.2 Å². The van der Waals surface area contributed by atoms with Gasteiger partial charge in [-0.1, -0.05) is 30.3 Å². The van der Waals surface area contributed by atoms with Gasteiger partial charge in [-0.25, -0.2) is 4.98 Å². The summed E-state index contributed by atoms with van der Waals surface area (Å²) in [5, 5.41) is 1.73. The van der Waals surface area contributed by atoms with E-state index >= 15 is 0 Å². The molecular formula is C16H16N2O3S. The third-order valence-electron chi connectivity index (χ3n) is 3.66. The van der Waals surface area contributed by atoms with Crippen molar-refractivity contribution in [1.82, 2.24) is 9.88 Å². The van der Waals surface area contributed by atoms with Crippen LogP contribution in [-0.2, 0) is 4.74 Å². The number of nitrogens with zero attached hydrogens (tertiary/aromatic N) is 2. The van der Waals surface area contributed by atoms with Crippen LogP contribution in [0.15, 0.2) is 41.2 Å². The number of hydrogen-bond donors (Lipinski definition) is 0. The maximum atomic E-state index is 12.5. The number of ether oxygens (including phenoxy) is 1. The second-order valence-corrected chi connectivity index (χ2v) is 5.81. The largest absolute Gasteiger partial charge is 0.377 e. The number of rotatable bonds is 4. The number of hydrogen-bond acceptors (Lipinski definition) is 5. The second kappa shape index (κ2) is 6.81. The molecule has 5 nitrogen and oxygen atoms in total. The zero-order valence-electron chi connectivity index (χ0n) is 12.0. The van der Waals surface area contributed by atoms with Crippen molar-refractivity contribution in [2.24, 2.45) is 0 Å². The average Bonchev–Trinajstić information content (AvgIpc) is 3.10. The third kappa shape index (κ3) is 3.23. The molecule has 0 unspecified atom stereocenters. The standard InChI is InChI=1S/C16H16N2O3S/c19-15(12-4-2-1-3-5-12)8-13-9-21-7-6-18(13)16(20)14-10-22-11-17-14/h1-5,10-11,13H,6-9H2/t13-/m1/s1. The van der Waals surface area contributed by atoms with Crippen LogP contribution in [0, 0.1) is 0 Å². The highest BCUT2D eigenvalue weighted by atomic mass is 32.1. The molecule has 2 aromatic rings. The molecule has 22 heavy (non-hydrogen) atoms. The first-order valence-electron chi connectivity index (χ1n) is 7.11. The lowest BCUT2D eigenvalue weighted by Crippen LogP contribution is -2.49. The molecule has 6 heteroatoms. The van der Waals surface area contributed by atoms with Crippen molar-refractivity contribution in [3.05, 3.63) is 52.5 Å². The van der Waals surface area contributed by atoms with Gasteiger partial charge < -0.3 is 9.64 Å². The molecule has 1 atom stereocenters. The Balaban J connectivity index is 1.73. The van der Waals surface area contributed by atoms with Crippen LogP contribution >= 0.6 is 11.3 Å². The topological polar surface area (TPSA) is 59.5 Å². The molecule has 0 radical (unpaired) electrons. The van der Waals surface area contributed by atoms with E-state index in [0.29, 0.717) is 31.0 Å². The molecule has 0 saturated carbocycles. The molecule has 0 N–H and O–H groups in total. The highest BCUT2D eigenvalue weighted by Gasteiger charge is 2.30. The normalized spacial score (nSPS) is 18.2. The Bertz CT molecular complexity index is 643. The van der Waals surface area contributed by atoms with Crippen molar-refractivity contribution < 1.29 is 14.3 Å². The SMILES string of the molecule is O=C(C[C@@H]1COCCN1C(=O)c1cscn1)c1ccccc1. The molecule has 0 bridgehead atoms. The molecular weight excluding hydrogens is 300 g/mol. The highest BCUT2D eigenvalue weighted by Crippen LogP contribution is 2.17. The molecule has 1 aliphatic rings. The first-order valence-corrected chi connectivity index (χ1v) is 8.05. The number of morpholine rings is 1. The highest BCUT2D eigenvalue weighted by molar-refractivity contribution is 7.07. The summed E-state index contributed by atoms with van der Waals surface area (Å²) in [7, 11) is 0. The fourth-order valence-corrected chi connectivity index (χ4v) is 3.04. The van der Waals surface area contributed by atoms with E-state index in [0.717, 1.165) is 0 Å². The Morgan fingerprint density at radius 2 is 2.14 bits per heavy atom. The smallest absolute Gasteiger partial charge is 0.273 e. The van der Waals surface area contributed by atoms with Gasteiger partial charge in [0.2, 0.25) is 0 Å². The summed E-state index contributed by atoms with van der Waals surface area (Å²) in [4.78, 5) is 30.6. The summed E-state index contributed by atoms with van der Waals surface area (Å²) in [6.07, 6.45) is 0.264. The van der Waals surface area contributed by atoms with Crippen molar-refractivity contribution in [3.8, 4) is 0 Å². The summed E-state index contributed by atoms with van der Waals surface area (Å²) in [6, 6.07) is 8.89. The van der Waals surface area contributed by atoms with Crippen LogP contribution in [0.2, 0.25) is 0 Å². The predicted octanol–water partition coefficient (Wildman–Crippen LogP) is 2.26. The molecule has 1 aromatic heterocycles. The third-order valence-corrected chi connectivity index (χ3v) is 4.24. The predicted molar refractivity (Wildman–Crippen MR) is 83.1 cm³/mol. The van der Waals surface area contributed by atoms with Crippen LogP contribution in [0.4, 0.5) is 0 Å². The zero-order valence-corrected chi connectivity index (χ0v) is 12.8. The van der Waals surface area contributed by atoms with Crippen LogP contribution < -0.4 is 0 Å². The number of benzene rings is 1. The molecule has 1 saturated heterocycles. The van der Waals surface area contributed by atoms with Crippen molar-refractivity contribution in [3.63, 3.8) is 0 Å². The van der Waals surface area contributed by atoms with Crippen LogP contribution in [0.3, 0.4) is 0 Å². The van der Waals surface area contributed by atoms with E-state index < -0.39 is 0 Å². The molecule has 1 amide bonds. The van der Waals surface area contributed by atoms with Gasteiger partial charge in [0.05, 0.1) is 24.8 Å². The number of carbonyl (C=O) groups is 2. The molecule has 0 aliphatic carbocycles. The van der Waals surface area contributed by atoms with Crippen LogP contribution in [0.25, 0.3) is 0 Å². The first kappa shape index (κ1) is 14.9. The van der Waals surface area contributed by atoms with Crippen LogP contribution in [0.5, 0.6) is 0 Å². The quantitative estimate of drug-likeness (QED) is 0.812. The number of amides is 1. The summed E-state index contributed by atoms with van der Waals surface area (Å²) in [5.41, 5.74) is 2.73.